The van der Waals surface area contributed by atoms with E-state index in [9.17, 15) is 12.8 Å². The normalized spacial score (nSPS) is 20.0. The number of benzene rings is 1. The smallest absolute Gasteiger partial charge is 0.243 e. The van der Waals surface area contributed by atoms with Gasteiger partial charge in [-0.3, -0.25) is 0 Å². The summed E-state index contributed by atoms with van der Waals surface area (Å²) >= 11 is 0. The van der Waals surface area contributed by atoms with Crippen LogP contribution in [0.3, 0.4) is 0 Å². The summed E-state index contributed by atoms with van der Waals surface area (Å²) in [5, 5.41) is 2.91. The van der Waals surface area contributed by atoms with Crippen LogP contribution in [0, 0.1) is 5.82 Å². The lowest BCUT2D eigenvalue weighted by Gasteiger charge is -2.23. The molecule has 0 bridgehead atoms. The van der Waals surface area contributed by atoms with Crippen molar-refractivity contribution in [3.63, 3.8) is 0 Å². The van der Waals surface area contributed by atoms with Gasteiger partial charge in [0.2, 0.25) is 10.0 Å². The van der Waals surface area contributed by atoms with Crippen molar-refractivity contribution < 1.29 is 17.5 Å². The highest BCUT2D eigenvalue weighted by Crippen LogP contribution is 2.18. The highest BCUT2D eigenvalue weighted by molar-refractivity contribution is 7.89. The topological polar surface area (TPSA) is 67.4 Å². The number of rotatable bonds is 5. The Morgan fingerprint density at radius 1 is 1.45 bits per heavy atom. The molecule has 1 aliphatic heterocycles. The van der Waals surface area contributed by atoms with Gasteiger partial charge < -0.3 is 10.1 Å². The fourth-order valence-electron chi connectivity index (χ4n) is 2.18. The third-order valence-corrected chi connectivity index (χ3v) is 4.68. The summed E-state index contributed by atoms with van der Waals surface area (Å²) in [5.41, 5.74) is 0.717. The molecule has 2 rings (SSSR count). The van der Waals surface area contributed by atoms with Gasteiger partial charge in [0.15, 0.2) is 0 Å². The van der Waals surface area contributed by atoms with Crippen LogP contribution in [-0.4, -0.2) is 34.7 Å². The van der Waals surface area contributed by atoms with E-state index in [1.165, 1.54) is 12.1 Å². The maximum atomic E-state index is 13.8. The second-order valence-electron chi connectivity index (χ2n) is 4.83. The van der Waals surface area contributed by atoms with Crippen LogP contribution in [0.1, 0.15) is 18.4 Å². The Balaban J connectivity index is 2.21. The Bertz CT molecular complexity index is 557. The van der Waals surface area contributed by atoms with E-state index in [2.05, 4.69) is 10.0 Å². The number of ether oxygens (including phenoxy) is 1. The maximum Gasteiger partial charge on any atom is 0.243 e. The van der Waals surface area contributed by atoms with E-state index < -0.39 is 15.8 Å². The second-order valence-corrected chi connectivity index (χ2v) is 6.51. The molecule has 1 aromatic carbocycles. The molecule has 0 aromatic heterocycles. The van der Waals surface area contributed by atoms with E-state index >= 15 is 0 Å². The van der Waals surface area contributed by atoms with Crippen LogP contribution in [-0.2, 0) is 21.3 Å². The summed E-state index contributed by atoms with van der Waals surface area (Å²) in [7, 11) is -2.12. The molecule has 5 nitrogen and oxygen atoms in total. The van der Waals surface area contributed by atoms with E-state index in [1.54, 1.807) is 13.1 Å². The van der Waals surface area contributed by atoms with Gasteiger partial charge in [-0.1, -0.05) is 6.07 Å². The lowest BCUT2D eigenvalue weighted by molar-refractivity contribution is 0.0774. The minimum atomic E-state index is -3.86. The second kappa shape index (κ2) is 6.62. The molecule has 7 heteroatoms. The lowest BCUT2D eigenvalue weighted by Crippen LogP contribution is -2.40. The summed E-state index contributed by atoms with van der Waals surface area (Å²) in [6.45, 7) is 1.45. The van der Waals surface area contributed by atoms with Crippen molar-refractivity contribution in [2.45, 2.75) is 30.3 Å². The highest BCUT2D eigenvalue weighted by Gasteiger charge is 2.25. The first-order chi connectivity index (χ1) is 9.53. The van der Waals surface area contributed by atoms with Gasteiger partial charge >= 0.3 is 0 Å². The third kappa shape index (κ3) is 3.76. The van der Waals surface area contributed by atoms with Gasteiger partial charge in [0.05, 0.1) is 6.61 Å². The van der Waals surface area contributed by atoms with Crippen LogP contribution in [0.25, 0.3) is 0 Å². The minimum absolute atomic E-state index is 0.291. The molecule has 0 aliphatic carbocycles. The number of halogens is 1. The van der Waals surface area contributed by atoms with Crippen LogP contribution in [0.5, 0.6) is 0 Å². The zero-order valence-corrected chi connectivity index (χ0v) is 12.2. The molecule has 1 unspecified atom stereocenters. The Kier molecular flexibility index (Phi) is 5.09. The fourth-order valence-corrected chi connectivity index (χ4v) is 3.57. The number of hydrogen-bond acceptors (Lipinski definition) is 4. The van der Waals surface area contributed by atoms with Gasteiger partial charge in [0, 0.05) is 19.2 Å². The van der Waals surface area contributed by atoms with Crippen LogP contribution < -0.4 is 10.0 Å². The number of nitrogens with one attached hydrogen (secondary N) is 2. The summed E-state index contributed by atoms with van der Waals surface area (Å²) in [5.74, 6) is -0.742. The average Bonchev–Trinajstić information content (AvgIpc) is 2.42. The first-order valence-electron chi connectivity index (χ1n) is 6.56. The Morgan fingerprint density at radius 2 is 2.25 bits per heavy atom. The van der Waals surface area contributed by atoms with Gasteiger partial charge in [0.25, 0.3) is 0 Å². The van der Waals surface area contributed by atoms with E-state index in [-0.39, 0.29) is 10.9 Å². The van der Waals surface area contributed by atoms with E-state index in [4.69, 9.17) is 4.74 Å². The molecule has 1 aromatic rings. The molecule has 0 saturated carbocycles. The van der Waals surface area contributed by atoms with Crippen molar-refractivity contribution in [2.24, 2.45) is 0 Å². The minimum Gasteiger partial charge on any atom is -0.380 e. The van der Waals surface area contributed by atoms with Gasteiger partial charge in [-0.2, -0.15) is 0 Å². The van der Waals surface area contributed by atoms with Crippen molar-refractivity contribution in [3.05, 3.63) is 29.6 Å². The van der Waals surface area contributed by atoms with Crippen molar-refractivity contribution in [2.75, 3.05) is 20.3 Å². The average molecular weight is 302 g/mol. The molecule has 1 fully saturated rings. The summed E-state index contributed by atoms with van der Waals surface area (Å²) in [4.78, 5) is -0.309. The predicted molar refractivity (Wildman–Crippen MR) is 73.3 cm³/mol. The van der Waals surface area contributed by atoms with Crippen LogP contribution in [0.4, 0.5) is 4.39 Å². The van der Waals surface area contributed by atoms with Crippen molar-refractivity contribution in [3.8, 4) is 0 Å². The van der Waals surface area contributed by atoms with Crippen molar-refractivity contribution >= 4 is 10.0 Å². The summed E-state index contributed by atoms with van der Waals surface area (Å²) in [6.07, 6.45) is 1.51. The Hall–Kier alpha value is -1.02. The molecular formula is C13H19FN2O3S. The van der Waals surface area contributed by atoms with Gasteiger partial charge in [-0.05, 0) is 37.6 Å². The zero-order chi connectivity index (χ0) is 14.6. The summed E-state index contributed by atoms with van der Waals surface area (Å²) < 4.78 is 46.0. The van der Waals surface area contributed by atoms with Crippen molar-refractivity contribution in [1.29, 1.82) is 0 Å². The lowest BCUT2D eigenvalue weighted by atomic mass is 10.1. The van der Waals surface area contributed by atoms with Crippen LogP contribution >= 0.6 is 0 Å². The first kappa shape index (κ1) is 15.4. The van der Waals surface area contributed by atoms with Crippen LogP contribution in [0.15, 0.2) is 23.1 Å². The predicted octanol–water partition coefficient (Wildman–Crippen LogP) is 1.00. The molecule has 1 heterocycles. The summed E-state index contributed by atoms with van der Waals surface area (Å²) in [6, 6.07) is 3.81. The molecule has 20 heavy (non-hydrogen) atoms. The SMILES string of the molecule is CNCc1ccc(F)c(S(=O)(=O)NC2CCCOC2)c1. The maximum absolute atomic E-state index is 13.8. The number of hydrogen-bond donors (Lipinski definition) is 2. The molecule has 2 N–H and O–H groups in total. The Morgan fingerprint density at radius 3 is 2.90 bits per heavy atom. The highest BCUT2D eigenvalue weighted by atomic mass is 32.2. The molecule has 0 radical (unpaired) electrons. The van der Waals surface area contributed by atoms with Gasteiger partial charge in [-0.25, -0.2) is 17.5 Å². The van der Waals surface area contributed by atoms with Gasteiger partial charge in [0.1, 0.15) is 10.7 Å². The van der Waals surface area contributed by atoms with Gasteiger partial charge in [-0.15, -0.1) is 0 Å². The van der Waals surface area contributed by atoms with E-state index in [1.807, 2.05) is 0 Å². The zero-order valence-electron chi connectivity index (χ0n) is 11.4. The van der Waals surface area contributed by atoms with E-state index in [0.29, 0.717) is 31.7 Å². The third-order valence-electron chi connectivity index (χ3n) is 3.15. The fraction of sp³-hybridized carbons (Fsp3) is 0.538. The molecule has 112 valence electrons. The molecule has 1 aliphatic rings. The first-order valence-corrected chi connectivity index (χ1v) is 8.04. The van der Waals surface area contributed by atoms with E-state index in [0.717, 1.165) is 6.42 Å². The standard InChI is InChI=1S/C13H19FN2O3S/c1-15-8-10-4-5-12(14)13(7-10)20(17,18)16-11-3-2-6-19-9-11/h4-5,7,11,15-16H,2-3,6,8-9H2,1H3. The number of sulfonamides is 1. The molecular weight excluding hydrogens is 283 g/mol. The van der Waals surface area contributed by atoms with Crippen molar-refractivity contribution in [1.82, 2.24) is 10.0 Å². The molecule has 1 atom stereocenters. The largest absolute Gasteiger partial charge is 0.380 e. The monoisotopic (exact) mass is 302 g/mol. The molecule has 0 spiro atoms. The molecule has 1 saturated heterocycles. The van der Waals surface area contributed by atoms with Crippen LogP contribution in [0.2, 0.25) is 0 Å². The Labute approximate surface area is 118 Å². The molecule has 0 amide bonds. The quantitative estimate of drug-likeness (QED) is 0.851.